The molecule has 0 saturated heterocycles. The average molecular weight is 380 g/mol. The van der Waals surface area contributed by atoms with Crippen molar-refractivity contribution in [2.24, 2.45) is 5.10 Å². The molecule has 1 N–H and O–H groups in total. The molecule has 0 radical (unpaired) electrons. The molecule has 3 rings (SSSR count). The summed E-state index contributed by atoms with van der Waals surface area (Å²) in [6.07, 6.45) is 1.63. The van der Waals surface area contributed by atoms with Crippen LogP contribution in [0.3, 0.4) is 0 Å². The van der Waals surface area contributed by atoms with E-state index in [2.05, 4.69) is 15.6 Å². The maximum absolute atomic E-state index is 6.43. The van der Waals surface area contributed by atoms with Crippen LogP contribution in [0.4, 0.5) is 5.69 Å². The van der Waals surface area contributed by atoms with E-state index in [9.17, 15) is 0 Å². The van der Waals surface area contributed by atoms with Crippen molar-refractivity contribution in [3.8, 4) is 5.69 Å². The van der Waals surface area contributed by atoms with Gasteiger partial charge in [0.05, 0.1) is 38.9 Å². The molecular weight excluding hydrogens is 367 g/mol. The smallest absolute Gasteiger partial charge is 0.142 e. The van der Waals surface area contributed by atoms with E-state index in [4.69, 9.17) is 34.8 Å². The summed E-state index contributed by atoms with van der Waals surface area (Å²) in [4.78, 5) is 0. The highest BCUT2D eigenvalue weighted by Gasteiger charge is 2.12. The number of benzene rings is 2. The van der Waals surface area contributed by atoms with E-state index in [1.807, 2.05) is 37.3 Å². The van der Waals surface area contributed by atoms with Crippen LogP contribution in [0.5, 0.6) is 0 Å². The van der Waals surface area contributed by atoms with Crippen LogP contribution in [-0.4, -0.2) is 16.0 Å². The van der Waals surface area contributed by atoms with Gasteiger partial charge in [-0.2, -0.15) is 10.2 Å². The maximum Gasteiger partial charge on any atom is 0.142 e. The first-order chi connectivity index (χ1) is 11.6. The molecule has 0 fully saturated rings. The van der Waals surface area contributed by atoms with Gasteiger partial charge < -0.3 is 0 Å². The molecule has 1 heterocycles. The summed E-state index contributed by atoms with van der Waals surface area (Å²) >= 11 is 18.3. The fraction of sp³-hybridized carbons (Fsp3) is 0.0588. The van der Waals surface area contributed by atoms with Crippen molar-refractivity contribution in [1.29, 1.82) is 0 Å². The van der Waals surface area contributed by atoms with Crippen molar-refractivity contribution in [3.05, 3.63) is 75.0 Å². The number of rotatable bonds is 4. The number of halogens is 3. The molecule has 0 aliphatic carbocycles. The molecule has 2 aromatic carbocycles. The van der Waals surface area contributed by atoms with Crippen LogP contribution in [0, 0.1) is 6.92 Å². The summed E-state index contributed by atoms with van der Waals surface area (Å²) in [6, 6.07) is 14.9. The molecule has 0 amide bonds. The summed E-state index contributed by atoms with van der Waals surface area (Å²) in [5, 5.41) is 10.1. The molecule has 0 aliphatic rings. The highest BCUT2D eigenvalue weighted by molar-refractivity contribution is 6.42. The van der Waals surface area contributed by atoms with E-state index in [0.29, 0.717) is 15.2 Å². The molecule has 0 bridgehead atoms. The lowest BCUT2D eigenvalue weighted by molar-refractivity contribution is 0.863. The van der Waals surface area contributed by atoms with Gasteiger partial charge in [0.15, 0.2) is 0 Å². The van der Waals surface area contributed by atoms with E-state index in [1.54, 1.807) is 29.1 Å². The summed E-state index contributed by atoms with van der Waals surface area (Å²) in [5.41, 5.74) is 6.04. The van der Waals surface area contributed by atoms with Crippen LogP contribution >= 0.6 is 34.8 Å². The van der Waals surface area contributed by atoms with Gasteiger partial charge in [-0.1, -0.05) is 53.0 Å². The summed E-state index contributed by atoms with van der Waals surface area (Å²) < 4.78 is 1.68. The number of nitrogens with zero attached hydrogens (tertiary/aromatic N) is 3. The van der Waals surface area contributed by atoms with Gasteiger partial charge in [-0.15, -0.1) is 0 Å². The van der Waals surface area contributed by atoms with Crippen molar-refractivity contribution >= 4 is 46.7 Å². The predicted molar refractivity (Wildman–Crippen MR) is 101 cm³/mol. The Labute approximate surface area is 154 Å². The van der Waals surface area contributed by atoms with Gasteiger partial charge in [-0.25, -0.2) is 4.68 Å². The Morgan fingerprint density at radius 1 is 1.04 bits per heavy atom. The Morgan fingerprint density at radius 2 is 1.79 bits per heavy atom. The Kier molecular flexibility index (Phi) is 5.09. The molecule has 0 saturated carbocycles. The predicted octanol–water partition coefficient (Wildman–Crippen LogP) is 5.59. The zero-order chi connectivity index (χ0) is 17.1. The minimum atomic E-state index is 0.461. The van der Waals surface area contributed by atoms with Crippen molar-refractivity contribution < 1.29 is 0 Å². The van der Waals surface area contributed by atoms with Crippen LogP contribution in [0.15, 0.2) is 53.6 Å². The highest BCUT2D eigenvalue weighted by Crippen LogP contribution is 2.25. The summed E-state index contributed by atoms with van der Waals surface area (Å²) in [6.45, 7) is 1.88. The molecule has 3 aromatic rings. The third-order valence-corrected chi connectivity index (χ3v) is 4.46. The van der Waals surface area contributed by atoms with Gasteiger partial charge in [0.25, 0.3) is 0 Å². The normalized spacial score (nSPS) is 11.2. The van der Waals surface area contributed by atoms with E-state index in [0.717, 1.165) is 22.6 Å². The Balaban J connectivity index is 1.82. The number of anilines is 1. The molecule has 4 nitrogen and oxygen atoms in total. The van der Waals surface area contributed by atoms with Gasteiger partial charge >= 0.3 is 0 Å². The Morgan fingerprint density at radius 3 is 2.50 bits per heavy atom. The van der Waals surface area contributed by atoms with Gasteiger partial charge in [0.2, 0.25) is 0 Å². The second-order valence-electron chi connectivity index (χ2n) is 5.04. The number of aryl methyl sites for hydroxylation is 1. The third-order valence-electron chi connectivity index (χ3n) is 3.36. The van der Waals surface area contributed by atoms with E-state index < -0.39 is 0 Å². The number of nitrogens with one attached hydrogen (secondary N) is 1. The van der Waals surface area contributed by atoms with Crippen LogP contribution in [0.1, 0.15) is 11.3 Å². The molecule has 1 aromatic heterocycles. The van der Waals surface area contributed by atoms with Crippen molar-refractivity contribution in [2.45, 2.75) is 6.92 Å². The van der Waals surface area contributed by atoms with Crippen molar-refractivity contribution in [1.82, 2.24) is 9.78 Å². The fourth-order valence-corrected chi connectivity index (χ4v) is 2.75. The molecule has 7 heteroatoms. The van der Waals surface area contributed by atoms with E-state index >= 15 is 0 Å². The average Bonchev–Trinajstić information content (AvgIpc) is 2.87. The second-order valence-corrected chi connectivity index (χ2v) is 6.21. The van der Waals surface area contributed by atoms with Gasteiger partial charge in [0.1, 0.15) is 5.15 Å². The largest absolute Gasteiger partial charge is 0.278 e. The van der Waals surface area contributed by atoms with Gasteiger partial charge in [-0.05, 0) is 37.3 Å². The summed E-state index contributed by atoms with van der Waals surface area (Å²) in [5.74, 6) is 0. The third kappa shape index (κ3) is 3.56. The van der Waals surface area contributed by atoms with Crippen molar-refractivity contribution in [3.63, 3.8) is 0 Å². The lowest BCUT2D eigenvalue weighted by Gasteiger charge is -2.02. The van der Waals surface area contributed by atoms with Crippen LogP contribution in [0.2, 0.25) is 15.2 Å². The number of hydrogen-bond donors (Lipinski definition) is 1. The SMILES string of the molecule is Cc1nn(-c2ccccc2)c(Cl)c1/C=N\Nc1ccc(Cl)c(Cl)c1. The maximum atomic E-state index is 6.43. The van der Waals surface area contributed by atoms with E-state index in [-0.39, 0.29) is 0 Å². The topological polar surface area (TPSA) is 42.2 Å². The molecule has 0 unspecified atom stereocenters. The first kappa shape index (κ1) is 16.8. The van der Waals surface area contributed by atoms with Gasteiger partial charge in [0, 0.05) is 0 Å². The first-order valence-electron chi connectivity index (χ1n) is 7.11. The standard InChI is InChI=1S/C17H13Cl3N4/c1-11-14(10-21-22-12-7-8-15(18)16(19)9-12)17(20)24(23-11)13-5-3-2-4-6-13/h2-10,22H,1H3/b21-10-. The zero-order valence-electron chi connectivity index (χ0n) is 12.7. The lowest BCUT2D eigenvalue weighted by Crippen LogP contribution is -1.96. The quantitative estimate of drug-likeness (QED) is 0.474. The van der Waals surface area contributed by atoms with E-state index in [1.165, 1.54) is 0 Å². The highest BCUT2D eigenvalue weighted by atomic mass is 35.5. The van der Waals surface area contributed by atoms with Crippen LogP contribution in [-0.2, 0) is 0 Å². The number of hydrazone groups is 1. The van der Waals surface area contributed by atoms with Crippen LogP contribution in [0.25, 0.3) is 5.69 Å². The first-order valence-corrected chi connectivity index (χ1v) is 8.24. The number of aromatic nitrogens is 2. The molecule has 24 heavy (non-hydrogen) atoms. The zero-order valence-corrected chi connectivity index (χ0v) is 14.9. The number of para-hydroxylation sites is 1. The second kappa shape index (κ2) is 7.26. The lowest BCUT2D eigenvalue weighted by atomic mass is 10.3. The Hall–Kier alpha value is -2.01. The fourth-order valence-electron chi connectivity index (χ4n) is 2.14. The van der Waals surface area contributed by atoms with Crippen molar-refractivity contribution in [2.75, 3.05) is 5.43 Å². The minimum absolute atomic E-state index is 0.461. The monoisotopic (exact) mass is 378 g/mol. The van der Waals surface area contributed by atoms with Crippen LogP contribution < -0.4 is 5.43 Å². The molecule has 0 aliphatic heterocycles. The Bertz CT molecular complexity index is 888. The molecule has 122 valence electrons. The minimum Gasteiger partial charge on any atom is -0.278 e. The summed E-state index contributed by atoms with van der Waals surface area (Å²) in [7, 11) is 0. The molecule has 0 spiro atoms. The molecule has 0 atom stereocenters. The molecular formula is C17H13Cl3N4. The number of hydrogen-bond acceptors (Lipinski definition) is 3. The van der Waals surface area contributed by atoms with Gasteiger partial charge in [-0.3, -0.25) is 5.43 Å².